The van der Waals surface area contributed by atoms with Gasteiger partial charge in [0.2, 0.25) is 0 Å². The number of aliphatic imine (C=N–C) groups is 1. The molecule has 0 heterocycles. The van der Waals surface area contributed by atoms with Crippen LogP contribution in [0.3, 0.4) is 0 Å². The van der Waals surface area contributed by atoms with Crippen LogP contribution in [-0.2, 0) is 4.74 Å². The van der Waals surface area contributed by atoms with Gasteiger partial charge in [-0.2, -0.15) is 0 Å². The van der Waals surface area contributed by atoms with Gasteiger partial charge in [-0.15, -0.1) is 24.0 Å². The predicted octanol–water partition coefficient (Wildman–Crippen LogP) is 2.22. The minimum Gasteiger partial charge on any atom is -0.491 e. The van der Waals surface area contributed by atoms with Crippen molar-refractivity contribution in [3.8, 4) is 5.75 Å². The lowest BCUT2D eigenvalue weighted by Gasteiger charge is -2.10. The third-order valence-corrected chi connectivity index (χ3v) is 2.46. The van der Waals surface area contributed by atoms with E-state index < -0.39 is 0 Å². The number of aliphatic hydroxyl groups excluding tert-OH is 1. The van der Waals surface area contributed by atoms with Crippen LogP contribution in [0.5, 0.6) is 5.75 Å². The third-order valence-electron chi connectivity index (χ3n) is 2.46. The van der Waals surface area contributed by atoms with E-state index >= 15 is 0 Å². The number of nitrogens with zero attached hydrogens (tertiary/aromatic N) is 1. The molecular formula is C15H26IN3O3. The Morgan fingerprint density at radius 1 is 1.27 bits per heavy atom. The number of rotatable bonds is 9. The number of hydrogen-bond donors (Lipinski definition) is 3. The van der Waals surface area contributed by atoms with E-state index in [-0.39, 0.29) is 36.7 Å². The summed E-state index contributed by atoms with van der Waals surface area (Å²) in [5.41, 5.74) is 6.66. The second-order valence-corrected chi connectivity index (χ2v) is 4.77. The highest BCUT2D eigenvalue weighted by Crippen LogP contribution is 2.16. The van der Waals surface area contributed by atoms with E-state index in [2.05, 4.69) is 10.3 Å². The fourth-order valence-corrected chi connectivity index (χ4v) is 1.61. The number of aliphatic hydroxyl groups is 1. The topological polar surface area (TPSA) is 89.1 Å². The third kappa shape index (κ3) is 9.80. The predicted molar refractivity (Wildman–Crippen MR) is 100 cm³/mol. The smallest absolute Gasteiger partial charge is 0.193 e. The standard InChI is InChI=1S/C15H25N3O3.HI/c1-12(2)21-14-6-4-13(5-7-14)18-15(16)17-8-3-10-20-11-9-19;/h4-7,12,19H,3,8-11H2,1-2H3,(H3,16,17,18);1H. The average Bonchev–Trinajstić information content (AvgIpc) is 2.44. The van der Waals surface area contributed by atoms with E-state index in [0.29, 0.717) is 25.7 Å². The molecule has 4 N–H and O–H groups in total. The molecule has 0 aliphatic heterocycles. The first kappa shape index (κ1) is 20.9. The Kier molecular flexibility index (Phi) is 11.9. The minimum atomic E-state index is 0. The molecule has 7 heteroatoms. The van der Waals surface area contributed by atoms with Crippen molar-refractivity contribution in [2.24, 2.45) is 10.7 Å². The Morgan fingerprint density at radius 2 is 1.95 bits per heavy atom. The SMILES string of the molecule is CC(C)Oc1ccc(NC(N)=NCCCOCCO)cc1.I. The van der Waals surface area contributed by atoms with Crippen molar-refractivity contribution in [1.29, 1.82) is 0 Å². The van der Waals surface area contributed by atoms with Gasteiger partial charge < -0.3 is 25.6 Å². The molecule has 0 radical (unpaired) electrons. The van der Waals surface area contributed by atoms with Crippen LogP contribution in [0.2, 0.25) is 0 Å². The van der Waals surface area contributed by atoms with E-state index in [9.17, 15) is 0 Å². The summed E-state index contributed by atoms with van der Waals surface area (Å²) in [4.78, 5) is 4.20. The molecule has 0 saturated carbocycles. The molecule has 0 aliphatic carbocycles. The highest BCUT2D eigenvalue weighted by atomic mass is 127. The van der Waals surface area contributed by atoms with Gasteiger partial charge in [0.05, 0.1) is 19.3 Å². The molecule has 6 nitrogen and oxygen atoms in total. The van der Waals surface area contributed by atoms with Crippen LogP contribution in [0.15, 0.2) is 29.3 Å². The summed E-state index contributed by atoms with van der Waals surface area (Å²) < 4.78 is 10.7. The quantitative estimate of drug-likeness (QED) is 0.245. The Labute approximate surface area is 149 Å². The van der Waals surface area contributed by atoms with Crippen LogP contribution in [0.25, 0.3) is 0 Å². The van der Waals surface area contributed by atoms with E-state index in [1.807, 2.05) is 38.1 Å². The second-order valence-electron chi connectivity index (χ2n) is 4.77. The van der Waals surface area contributed by atoms with Gasteiger partial charge in [-0.05, 0) is 44.5 Å². The maximum Gasteiger partial charge on any atom is 0.193 e. The van der Waals surface area contributed by atoms with Gasteiger partial charge in [0.25, 0.3) is 0 Å². The zero-order chi connectivity index (χ0) is 15.5. The Balaban J connectivity index is 0.00000441. The fourth-order valence-electron chi connectivity index (χ4n) is 1.61. The number of benzene rings is 1. The minimum absolute atomic E-state index is 0. The van der Waals surface area contributed by atoms with Crippen molar-refractivity contribution in [2.75, 3.05) is 31.7 Å². The van der Waals surface area contributed by atoms with Crippen molar-refractivity contribution in [2.45, 2.75) is 26.4 Å². The average molecular weight is 423 g/mol. The molecule has 0 amide bonds. The summed E-state index contributed by atoms with van der Waals surface area (Å²) in [6.45, 7) is 5.53. The second kappa shape index (κ2) is 12.5. The summed E-state index contributed by atoms with van der Waals surface area (Å²) in [6.07, 6.45) is 0.923. The molecule has 1 rings (SSSR count). The van der Waals surface area contributed by atoms with Crippen LogP contribution in [0.4, 0.5) is 5.69 Å². The molecule has 0 atom stereocenters. The first-order chi connectivity index (χ1) is 10.1. The molecule has 0 saturated heterocycles. The molecule has 0 bridgehead atoms. The van der Waals surface area contributed by atoms with Crippen molar-refractivity contribution in [3.63, 3.8) is 0 Å². The Hall–Kier alpha value is -1.06. The number of nitrogens with one attached hydrogen (secondary N) is 1. The first-order valence-electron chi connectivity index (χ1n) is 7.14. The van der Waals surface area contributed by atoms with Gasteiger partial charge in [0.15, 0.2) is 5.96 Å². The molecule has 1 aromatic rings. The molecule has 0 unspecified atom stereocenters. The van der Waals surface area contributed by atoms with E-state index in [0.717, 1.165) is 17.9 Å². The molecule has 0 aliphatic rings. The van der Waals surface area contributed by atoms with Gasteiger partial charge in [-0.25, -0.2) is 0 Å². The number of guanidine groups is 1. The highest BCUT2D eigenvalue weighted by molar-refractivity contribution is 14.0. The molecule has 126 valence electrons. The van der Waals surface area contributed by atoms with Crippen LogP contribution >= 0.6 is 24.0 Å². The van der Waals surface area contributed by atoms with Crippen LogP contribution < -0.4 is 15.8 Å². The van der Waals surface area contributed by atoms with Crippen LogP contribution in [0, 0.1) is 0 Å². The highest BCUT2D eigenvalue weighted by Gasteiger charge is 1.99. The summed E-state index contributed by atoms with van der Waals surface area (Å²) in [7, 11) is 0. The lowest BCUT2D eigenvalue weighted by Crippen LogP contribution is -2.23. The molecule has 1 aromatic carbocycles. The zero-order valence-corrected chi connectivity index (χ0v) is 15.4. The number of nitrogens with two attached hydrogens (primary N) is 1. The van der Waals surface area contributed by atoms with Crippen LogP contribution in [0.1, 0.15) is 20.3 Å². The van der Waals surface area contributed by atoms with Gasteiger partial charge in [0.1, 0.15) is 5.75 Å². The molecular weight excluding hydrogens is 397 g/mol. The van der Waals surface area contributed by atoms with Gasteiger partial charge >= 0.3 is 0 Å². The lowest BCUT2D eigenvalue weighted by atomic mass is 10.3. The van der Waals surface area contributed by atoms with Gasteiger partial charge in [-0.1, -0.05) is 0 Å². The number of halogens is 1. The summed E-state index contributed by atoms with van der Waals surface area (Å²) in [5, 5.41) is 11.6. The number of ether oxygens (including phenoxy) is 2. The monoisotopic (exact) mass is 423 g/mol. The zero-order valence-electron chi connectivity index (χ0n) is 13.1. The summed E-state index contributed by atoms with van der Waals surface area (Å²) in [5.74, 6) is 1.20. The largest absolute Gasteiger partial charge is 0.491 e. The maximum atomic E-state index is 8.55. The van der Waals surface area contributed by atoms with Gasteiger partial charge in [0, 0.05) is 18.8 Å². The van der Waals surface area contributed by atoms with Crippen molar-refractivity contribution >= 4 is 35.6 Å². The molecule has 0 aromatic heterocycles. The normalized spacial score (nSPS) is 11.2. The maximum absolute atomic E-state index is 8.55. The fraction of sp³-hybridized carbons (Fsp3) is 0.533. The molecule has 22 heavy (non-hydrogen) atoms. The Morgan fingerprint density at radius 3 is 2.55 bits per heavy atom. The summed E-state index contributed by atoms with van der Waals surface area (Å²) >= 11 is 0. The number of hydrogen-bond acceptors (Lipinski definition) is 4. The Bertz CT molecular complexity index is 425. The number of anilines is 1. The first-order valence-corrected chi connectivity index (χ1v) is 7.14. The van der Waals surface area contributed by atoms with Gasteiger partial charge in [-0.3, -0.25) is 4.99 Å². The molecule has 0 fully saturated rings. The summed E-state index contributed by atoms with van der Waals surface area (Å²) in [6, 6.07) is 7.56. The lowest BCUT2D eigenvalue weighted by molar-refractivity contribution is 0.0918. The van der Waals surface area contributed by atoms with Crippen molar-refractivity contribution in [3.05, 3.63) is 24.3 Å². The van der Waals surface area contributed by atoms with E-state index in [4.69, 9.17) is 20.3 Å². The van der Waals surface area contributed by atoms with Crippen molar-refractivity contribution in [1.82, 2.24) is 0 Å². The molecule has 0 spiro atoms. The van der Waals surface area contributed by atoms with Crippen LogP contribution in [-0.4, -0.2) is 43.5 Å². The van der Waals surface area contributed by atoms with E-state index in [1.165, 1.54) is 0 Å². The van der Waals surface area contributed by atoms with Crippen molar-refractivity contribution < 1.29 is 14.6 Å². The van der Waals surface area contributed by atoms with E-state index in [1.54, 1.807) is 0 Å².